The average molecular weight is 270 g/mol. The molecule has 0 heterocycles. The first-order chi connectivity index (χ1) is 8.87. The van der Waals surface area contributed by atoms with E-state index in [1.165, 1.54) is 0 Å². The molecular formula is C16H34N2O. The van der Waals surface area contributed by atoms with Crippen molar-refractivity contribution in [3.63, 3.8) is 0 Å². The van der Waals surface area contributed by atoms with Gasteiger partial charge in [-0.2, -0.15) is 0 Å². The van der Waals surface area contributed by atoms with Gasteiger partial charge in [0, 0.05) is 19.6 Å². The van der Waals surface area contributed by atoms with E-state index in [2.05, 4.69) is 32.6 Å². The topological polar surface area (TPSA) is 49.5 Å². The van der Waals surface area contributed by atoms with Crippen molar-refractivity contribution in [3.8, 4) is 0 Å². The summed E-state index contributed by atoms with van der Waals surface area (Å²) in [6.07, 6.45) is 4.26. The van der Waals surface area contributed by atoms with Gasteiger partial charge in [0.1, 0.15) is 0 Å². The minimum atomic E-state index is -0.582. The predicted molar refractivity (Wildman–Crippen MR) is 82.1 cm³/mol. The third-order valence-electron chi connectivity index (χ3n) is 4.32. The smallest absolute Gasteiger partial charge is 0.0797 e. The number of hydrogen-bond acceptors (Lipinski definition) is 3. The molecule has 0 aromatic heterocycles. The van der Waals surface area contributed by atoms with Gasteiger partial charge in [0.15, 0.2) is 0 Å². The average Bonchev–Trinajstić information content (AvgIpc) is 2.67. The molecule has 0 amide bonds. The molecule has 1 fully saturated rings. The van der Waals surface area contributed by atoms with E-state index >= 15 is 0 Å². The molecule has 3 heteroatoms. The molecule has 3 nitrogen and oxygen atoms in total. The largest absolute Gasteiger partial charge is 0.388 e. The second-order valence-corrected chi connectivity index (χ2v) is 7.23. The molecule has 2 atom stereocenters. The van der Waals surface area contributed by atoms with Crippen LogP contribution >= 0.6 is 0 Å². The lowest BCUT2D eigenvalue weighted by atomic mass is 9.88. The third kappa shape index (κ3) is 5.41. The van der Waals surface area contributed by atoms with Crippen molar-refractivity contribution >= 4 is 0 Å². The molecule has 1 rings (SSSR count). The molecule has 0 aliphatic heterocycles. The molecule has 2 unspecified atom stereocenters. The maximum atomic E-state index is 10.5. The fourth-order valence-electron chi connectivity index (χ4n) is 3.44. The summed E-state index contributed by atoms with van der Waals surface area (Å²) >= 11 is 0. The number of hydrogen-bond donors (Lipinski definition) is 2. The van der Waals surface area contributed by atoms with Crippen molar-refractivity contribution in [2.75, 3.05) is 26.2 Å². The zero-order valence-corrected chi connectivity index (χ0v) is 13.4. The van der Waals surface area contributed by atoms with Gasteiger partial charge in [-0.3, -0.25) is 0 Å². The number of aliphatic hydroxyl groups is 1. The summed E-state index contributed by atoms with van der Waals surface area (Å²) < 4.78 is 0. The quantitative estimate of drug-likeness (QED) is 0.712. The molecular weight excluding hydrogens is 236 g/mol. The maximum Gasteiger partial charge on any atom is 0.0797 e. The fourth-order valence-corrected chi connectivity index (χ4v) is 3.44. The van der Waals surface area contributed by atoms with Crippen LogP contribution < -0.4 is 5.73 Å². The highest BCUT2D eigenvalue weighted by Gasteiger charge is 2.39. The summed E-state index contributed by atoms with van der Waals surface area (Å²) in [5.74, 6) is 1.81. The van der Waals surface area contributed by atoms with Crippen molar-refractivity contribution in [1.82, 2.24) is 4.90 Å². The number of nitrogens with zero attached hydrogens (tertiary/aromatic N) is 1. The Hall–Kier alpha value is -0.120. The lowest BCUT2D eigenvalue weighted by Crippen LogP contribution is -2.43. The molecule has 1 aliphatic carbocycles. The third-order valence-corrected chi connectivity index (χ3v) is 4.32. The van der Waals surface area contributed by atoms with E-state index in [4.69, 9.17) is 5.73 Å². The lowest BCUT2D eigenvalue weighted by molar-refractivity contribution is 0.00385. The molecule has 1 aliphatic rings. The van der Waals surface area contributed by atoms with E-state index < -0.39 is 5.60 Å². The molecule has 0 saturated heterocycles. The predicted octanol–water partition coefficient (Wildman–Crippen LogP) is 2.48. The summed E-state index contributed by atoms with van der Waals surface area (Å²) in [7, 11) is 0. The van der Waals surface area contributed by atoms with Crippen molar-refractivity contribution in [3.05, 3.63) is 0 Å². The minimum Gasteiger partial charge on any atom is -0.388 e. The summed E-state index contributed by atoms with van der Waals surface area (Å²) in [6, 6.07) is 0. The Balaban J connectivity index is 2.46. The van der Waals surface area contributed by atoms with Gasteiger partial charge in [-0.1, -0.05) is 34.1 Å². The van der Waals surface area contributed by atoms with Gasteiger partial charge in [-0.25, -0.2) is 0 Å². The first-order valence-corrected chi connectivity index (χ1v) is 8.02. The lowest BCUT2D eigenvalue weighted by Gasteiger charge is -2.32. The van der Waals surface area contributed by atoms with Crippen LogP contribution in [0.3, 0.4) is 0 Å². The molecule has 1 saturated carbocycles. The van der Waals surface area contributed by atoms with Crippen LogP contribution in [0, 0.1) is 17.8 Å². The van der Waals surface area contributed by atoms with E-state index in [1.54, 1.807) is 0 Å². The van der Waals surface area contributed by atoms with Crippen molar-refractivity contribution in [2.45, 2.75) is 59.0 Å². The Morgan fingerprint density at radius 3 is 2.26 bits per heavy atom. The van der Waals surface area contributed by atoms with Crippen molar-refractivity contribution < 1.29 is 5.11 Å². The van der Waals surface area contributed by atoms with Gasteiger partial charge in [0.25, 0.3) is 0 Å². The molecule has 19 heavy (non-hydrogen) atoms. The normalized spacial score (nSPS) is 27.9. The summed E-state index contributed by atoms with van der Waals surface area (Å²) in [5.41, 5.74) is 5.18. The van der Waals surface area contributed by atoms with Gasteiger partial charge in [-0.05, 0) is 43.6 Å². The monoisotopic (exact) mass is 270 g/mol. The SMILES string of the molecule is CC(C)CN(CCC1CCCC1(O)CN)CC(C)C. The highest BCUT2D eigenvalue weighted by Crippen LogP contribution is 2.37. The fraction of sp³-hybridized carbons (Fsp3) is 1.00. The van der Waals surface area contributed by atoms with Gasteiger partial charge in [-0.15, -0.1) is 0 Å². The Morgan fingerprint density at radius 2 is 1.79 bits per heavy atom. The van der Waals surface area contributed by atoms with E-state index in [1.807, 2.05) is 0 Å². The standard InChI is InChI=1S/C16H34N2O/c1-13(2)10-18(11-14(3)4)9-7-15-6-5-8-16(15,19)12-17/h13-15,19H,5-12,17H2,1-4H3. The Bertz CT molecular complexity index is 245. The molecule has 0 bridgehead atoms. The summed E-state index contributed by atoms with van der Waals surface area (Å²) in [5, 5.41) is 10.5. The van der Waals surface area contributed by atoms with Crippen LogP contribution in [0.5, 0.6) is 0 Å². The minimum absolute atomic E-state index is 0.402. The van der Waals surface area contributed by atoms with E-state index in [-0.39, 0.29) is 0 Å². The second kappa shape index (κ2) is 7.61. The number of rotatable bonds is 8. The van der Waals surface area contributed by atoms with Crippen LogP contribution in [0.4, 0.5) is 0 Å². The van der Waals surface area contributed by atoms with Gasteiger partial charge in [0.05, 0.1) is 5.60 Å². The Morgan fingerprint density at radius 1 is 1.21 bits per heavy atom. The van der Waals surface area contributed by atoms with E-state index in [9.17, 15) is 5.11 Å². The first kappa shape index (κ1) is 16.9. The molecule has 0 aromatic rings. The summed E-state index contributed by atoms with van der Waals surface area (Å²) in [6.45, 7) is 12.9. The molecule has 0 radical (unpaired) electrons. The number of nitrogens with two attached hydrogens (primary N) is 1. The Kier molecular flexibility index (Phi) is 6.78. The van der Waals surface area contributed by atoms with Crippen molar-refractivity contribution in [1.29, 1.82) is 0 Å². The maximum absolute atomic E-state index is 10.5. The zero-order chi connectivity index (χ0) is 14.5. The van der Waals surface area contributed by atoms with Crippen LogP contribution in [0.25, 0.3) is 0 Å². The summed E-state index contributed by atoms with van der Waals surface area (Å²) in [4.78, 5) is 2.56. The molecule has 0 aromatic carbocycles. The van der Waals surface area contributed by atoms with Gasteiger partial charge < -0.3 is 15.7 Å². The van der Waals surface area contributed by atoms with Crippen LogP contribution in [-0.4, -0.2) is 41.8 Å². The van der Waals surface area contributed by atoms with Crippen LogP contribution in [0.1, 0.15) is 53.4 Å². The highest BCUT2D eigenvalue weighted by atomic mass is 16.3. The van der Waals surface area contributed by atoms with Crippen molar-refractivity contribution in [2.24, 2.45) is 23.5 Å². The zero-order valence-electron chi connectivity index (χ0n) is 13.4. The van der Waals surface area contributed by atoms with E-state index in [0.29, 0.717) is 24.3 Å². The molecule has 0 spiro atoms. The van der Waals surface area contributed by atoms with Crippen LogP contribution in [0.2, 0.25) is 0 Å². The molecule has 3 N–H and O–H groups in total. The van der Waals surface area contributed by atoms with Crippen LogP contribution in [-0.2, 0) is 0 Å². The van der Waals surface area contributed by atoms with Crippen LogP contribution in [0.15, 0.2) is 0 Å². The first-order valence-electron chi connectivity index (χ1n) is 8.02. The molecule has 114 valence electrons. The second-order valence-electron chi connectivity index (χ2n) is 7.23. The van der Waals surface area contributed by atoms with Gasteiger partial charge in [0.2, 0.25) is 0 Å². The van der Waals surface area contributed by atoms with E-state index in [0.717, 1.165) is 45.3 Å². The van der Waals surface area contributed by atoms with Gasteiger partial charge >= 0.3 is 0 Å². The Labute approximate surface area is 119 Å². The highest BCUT2D eigenvalue weighted by molar-refractivity contribution is 4.93.